The molecule has 0 unspecified atom stereocenters. The van der Waals surface area contributed by atoms with E-state index >= 15 is 0 Å². The summed E-state index contributed by atoms with van der Waals surface area (Å²) < 4.78 is 0. The molecule has 32 heavy (non-hydrogen) atoms. The van der Waals surface area contributed by atoms with Crippen LogP contribution in [0.15, 0.2) is 48.9 Å². The second-order valence-electron chi connectivity index (χ2n) is 7.22. The number of fused-ring (bicyclic) bond motifs is 1. The van der Waals surface area contributed by atoms with Gasteiger partial charge in [-0.15, -0.1) is 0 Å². The van der Waals surface area contributed by atoms with E-state index in [2.05, 4.69) is 25.3 Å². The van der Waals surface area contributed by atoms with Gasteiger partial charge in [-0.3, -0.25) is 9.78 Å². The van der Waals surface area contributed by atoms with Crippen LogP contribution in [0.5, 0.6) is 0 Å². The van der Waals surface area contributed by atoms with Crippen molar-refractivity contribution in [3.05, 3.63) is 87.6 Å². The summed E-state index contributed by atoms with van der Waals surface area (Å²) in [7, 11) is 0. The Morgan fingerprint density at radius 3 is 2.75 bits per heavy atom. The minimum atomic E-state index is -0.367. The number of nitrogens with two attached hydrogens (primary N) is 1. The molecular weight excluding hydrogens is 426 g/mol. The molecule has 0 saturated carbocycles. The summed E-state index contributed by atoms with van der Waals surface area (Å²) in [4.78, 5) is 29.9. The topological polar surface area (TPSA) is 130 Å². The Bertz CT molecular complexity index is 1380. The monoisotopic (exact) mass is 443 g/mol. The maximum atomic E-state index is 12.8. The van der Waals surface area contributed by atoms with Crippen molar-refractivity contribution in [1.29, 1.82) is 5.26 Å². The maximum Gasteiger partial charge on any atom is 0.253 e. The number of hydrogen-bond acceptors (Lipinski definition) is 7. The molecule has 0 spiro atoms. The molecule has 8 nitrogen and oxygen atoms in total. The van der Waals surface area contributed by atoms with Crippen LogP contribution in [0.4, 0.5) is 5.82 Å². The van der Waals surface area contributed by atoms with Crippen molar-refractivity contribution in [3.8, 4) is 6.07 Å². The van der Waals surface area contributed by atoms with E-state index in [-0.39, 0.29) is 23.6 Å². The molecule has 0 atom stereocenters. The Morgan fingerprint density at radius 1 is 1.16 bits per heavy atom. The average molecular weight is 444 g/mol. The zero-order valence-corrected chi connectivity index (χ0v) is 17.9. The first-order valence-electron chi connectivity index (χ1n) is 9.72. The summed E-state index contributed by atoms with van der Waals surface area (Å²) in [5, 5.41) is 13.6. The molecule has 3 N–H and O–H groups in total. The zero-order valence-electron chi connectivity index (χ0n) is 17.1. The highest BCUT2D eigenvalue weighted by Gasteiger charge is 2.14. The molecule has 0 aliphatic rings. The van der Waals surface area contributed by atoms with Crippen molar-refractivity contribution >= 4 is 34.4 Å². The molecule has 0 saturated heterocycles. The number of anilines is 1. The number of halogens is 1. The van der Waals surface area contributed by atoms with Crippen LogP contribution >= 0.6 is 11.6 Å². The van der Waals surface area contributed by atoms with E-state index in [1.807, 2.05) is 25.1 Å². The quantitative estimate of drug-likeness (QED) is 0.483. The van der Waals surface area contributed by atoms with Crippen molar-refractivity contribution in [2.45, 2.75) is 19.9 Å². The number of pyridine rings is 4. The lowest BCUT2D eigenvalue weighted by molar-refractivity contribution is 0.0950. The van der Waals surface area contributed by atoms with E-state index in [9.17, 15) is 10.1 Å². The van der Waals surface area contributed by atoms with Gasteiger partial charge in [0.05, 0.1) is 16.1 Å². The van der Waals surface area contributed by atoms with Gasteiger partial charge in [-0.2, -0.15) is 5.26 Å². The lowest BCUT2D eigenvalue weighted by atomic mass is 10.0. The number of carbonyl (C=O) groups is 1. The van der Waals surface area contributed by atoms with E-state index in [0.717, 1.165) is 22.2 Å². The number of nitrogen functional groups attached to an aromatic ring is 1. The van der Waals surface area contributed by atoms with E-state index in [4.69, 9.17) is 17.3 Å². The molecule has 4 aromatic rings. The van der Waals surface area contributed by atoms with Crippen molar-refractivity contribution in [3.63, 3.8) is 0 Å². The highest BCUT2D eigenvalue weighted by atomic mass is 35.5. The first kappa shape index (κ1) is 21.2. The van der Waals surface area contributed by atoms with Gasteiger partial charge < -0.3 is 11.1 Å². The second kappa shape index (κ2) is 8.96. The molecule has 0 aliphatic carbocycles. The molecule has 4 rings (SSSR count). The van der Waals surface area contributed by atoms with Crippen LogP contribution in [0.25, 0.3) is 11.0 Å². The van der Waals surface area contributed by atoms with Crippen molar-refractivity contribution in [2.75, 3.05) is 5.73 Å². The Hall–Kier alpha value is -4.09. The summed E-state index contributed by atoms with van der Waals surface area (Å²) in [5.41, 5.74) is 9.83. The highest BCUT2D eigenvalue weighted by molar-refractivity contribution is 6.31. The predicted octanol–water partition coefficient (Wildman–Crippen LogP) is 3.36. The number of aryl methyl sites for hydroxylation is 1. The molecule has 1 amide bonds. The summed E-state index contributed by atoms with van der Waals surface area (Å²) in [6.07, 6.45) is 5.10. The molecular formula is C23H18ClN7O. The van der Waals surface area contributed by atoms with Gasteiger partial charge in [0.1, 0.15) is 11.9 Å². The molecule has 0 fully saturated rings. The minimum Gasteiger partial charge on any atom is -0.384 e. The normalized spacial score (nSPS) is 10.7. The van der Waals surface area contributed by atoms with Crippen LogP contribution in [0.3, 0.4) is 0 Å². The Morgan fingerprint density at radius 2 is 1.97 bits per heavy atom. The smallest absolute Gasteiger partial charge is 0.253 e. The fourth-order valence-corrected chi connectivity index (χ4v) is 3.45. The summed E-state index contributed by atoms with van der Waals surface area (Å²) in [6.45, 7) is 2.09. The van der Waals surface area contributed by atoms with E-state index in [1.165, 1.54) is 6.20 Å². The number of carbonyl (C=O) groups excluding carboxylic acids is 1. The highest BCUT2D eigenvalue weighted by Crippen LogP contribution is 2.19. The molecule has 0 radical (unpaired) electrons. The number of rotatable bonds is 5. The molecule has 4 aromatic heterocycles. The summed E-state index contributed by atoms with van der Waals surface area (Å²) in [5.74, 6) is 0.0541. The SMILES string of the molecule is Cc1nc(N)ccc1CNC(=O)c1cc(Cc2cnc3ncc(Cl)cc3c2)ncc1C#N. The number of amides is 1. The van der Waals surface area contributed by atoms with Gasteiger partial charge in [-0.05, 0) is 42.3 Å². The van der Waals surface area contributed by atoms with E-state index < -0.39 is 0 Å². The number of nitrogens with zero attached hydrogens (tertiary/aromatic N) is 5. The fourth-order valence-electron chi connectivity index (χ4n) is 3.29. The zero-order chi connectivity index (χ0) is 22.7. The van der Waals surface area contributed by atoms with Crippen LogP contribution in [0.1, 0.15) is 38.4 Å². The van der Waals surface area contributed by atoms with E-state index in [1.54, 1.807) is 30.6 Å². The van der Waals surface area contributed by atoms with Crippen molar-refractivity contribution < 1.29 is 4.79 Å². The van der Waals surface area contributed by atoms with Gasteiger partial charge in [0, 0.05) is 48.3 Å². The first-order valence-corrected chi connectivity index (χ1v) is 10.1. The van der Waals surface area contributed by atoms with Gasteiger partial charge in [0.25, 0.3) is 5.91 Å². The molecule has 0 bridgehead atoms. The predicted molar refractivity (Wildman–Crippen MR) is 121 cm³/mol. The van der Waals surface area contributed by atoms with Crippen LogP contribution < -0.4 is 11.1 Å². The number of nitrogens with one attached hydrogen (secondary N) is 1. The molecule has 0 aliphatic heterocycles. The Kier molecular flexibility index (Phi) is 5.92. The maximum absolute atomic E-state index is 12.8. The van der Waals surface area contributed by atoms with E-state index in [0.29, 0.717) is 28.6 Å². The van der Waals surface area contributed by atoms with Crippen LogP contribution in [0.2, 0.25) is 5.02 Å². The van der Waals surface area contributed by atoms with Gasteiger partial charge >= 0.3 is 0 Å². The van der Waals surface area contributed by atoms with Crippen LogP contribution in [0, 0.1) is 18.3 Å². The Labute approximate surface area is 189 Å². The van der Waals surface area contributed by atoms with Crippen molar-refractivity contribution in [2.24, 2.45) is 0 Å². The average Bonchev–Trinajstić information content (AvgIpc) is 2.78. The van der Waals surface area contributed by atoms with Crippen LogP contribution in [-0.4, -0.2) is 25.8 Å². The summed E-state index contributed by atoms with van der Waals surface area (Å²) in [6, 6.07) is 10.9. The minimum absolute atomic E-state index is 0.200. The van der Waals surface area contributed by atoms with Gasteiger partial charge in [-0.1, -0.05) is 17.7 Å². The largest absolute Gasteiger partial charge is 0.384 e. The van der Waals surface area contributed by atoms with Crippen molar-refractivity contribution in [1.82, 2.24) is 25.3 Å². The molecule has 9 heteroatoms. The molecule has 0 aromatic carbocycles. The third kappa shape index (κ3) is 4.63. The third-order valence-electron chi connectivity index (χ3n) is 4.92. The number of aromatic nitrogens is 4. The first-order chi connectivity index (χ1) is 15.4. The van der Waals surface area contributed by atoms with Gasteiger partial charge in [0.2, 0.25) is 0 Å². The van der Waals surface area contributed by atoms with Gasteiger partial charge in [0.15, 0.2) is 5.65 Å². The molecule has 4 heterocycles. The molecule has 158 valence electrons. The number of nitriles is 1. The lowest BCUT2D eigenvalue weighted by Crippen LogP contribution is -2.24. The lowest BCUT2D eigenvalue weighted by Gasteiger charge is -2.10. The second-order valence-corrected chi connectivity index (χ2v) is 7.65. The number of hydrogen-bond donors (Lipinski definition) is 2. The van der Waals surface area contributed by atoms with Crippen LogP contribution in [-0.2, 0) is 13.0 Å². The summed E-state index contributed by atoms with van der Waals surface area (Å²) >= 11 is 6.02. The fraction of sp³-hybridized carbons (Fsp3) is 0.130. The third-order valence-corrected chi connectivity index (χ3v) is 5.13. The Balaban J connectivity index is 1.55. The standard InChI is InChI=1S/C23H18ClN7O/c1-13-15(2-3-21(26)31-13)10-30-23(32)20-7-19(27-11-17(20)8-25)5-14-4-16-6-18(24)12-29-22(16)28-9-14/h2-4,6-7,9,11-12H,5,10H2,1H3,(H2,26,31)(H,30,32). The van der Waals surface area contributed by atoms with Gasteiger partial charge in [-0.25, -0.2) is 15.0 Å².